The fraction of sp³-hybridized carbons (Fsp3) is 0.333. The predicted octanol–water partition coefficient (Wildman–Crippen LogP) is 4.65. The molecule has 2 rings (SSSR count). The predicted molar refractivity (Wildman–Crippen MR) is 98.4 cm³/mol. The Kier molecular flexibility index (Phi) is 6.52. The summed E-state index contributed by atoms with van der Waals surface area (Å²) in [5, 5.41) is 3.02. The van der Waals surface area contributed by atoms with Crippen molar-refractivity contribution in [2.75, 3.05) is 13.7 Å². The number of thioether (sulfide) groups is 1. The van der Waals surface area contributed by atoms with Gasteiger partial charge in [-0.1, -0.05) is 36.7 Å². The second-order valence-electron chi connectivity index (χ2n) is 5.37. The molecule has 1 aromatic carbocycles. The van der Waals surface area contributed by atoms with Gasteiger partial charge >= 0.3 is 0 Å². The average molecular weight is 366 g/mol. The summed E-state index contributed by atoms with van der Waals surface area (Å²) in [6.45, 7) is 4.34. The van der Waals surface area contributed by atoms with E-state index in [0.717, 1.165) is 17.9 Å². The highest BCUT2D eigenvalue weighted by atomic mass is 35.5. The number of nitrogens with zero attached hydrogens (tertiary/aromatic N) is 1. The Morgan fingerprint density at radius 3 is 2.75 bits per heavy atom. The molecule has 0 aliphatic carbocycles. The van der Waals surface area contributed by atoms with Crippen molar-refractivity contribution in [2.24, 2.45) is 0 Å². The average Bonchev–Trinajstić information content (AvgIpc) is 2.95. The monoisotopic (exact) mass is 365 g/mol. The SMILES string of the molecule is CCCCN1C(=CC(=O)c2cc(Cl)ccc2OC)SC=C1C(C)=O. The molecular weight excluding hydrogens is 346 g/mol. The number of hydrogen-bond acceptors (Lipinski definition) is 5. The van der Waals surface area contributed by atoms with E-state index in [1.807, 2.05) is 4.90 Å². The first kappa shape index (κ1) is 18.6. The van der Waals surface area contributed by atoms with Gasteiger partial charge in [-0.2, -0.15) is 0 Å². The fourth-order valence-electron chi connectivity index (χ4n) is 2.36. The Labute approximate surface area is 151 Å². The molecule has 1 aliphatic rings. The summed E-state index contributed by atoms with van der Waals surface area (Å²) in [6, 6.07) is 4.94. The van der Waals surface area contributed by atoms with Crippen molar-refractivity contribution in [3.05, 3.63) is 51.0 Å². The lowest BCUT2D eigenvalue weighted by Crippen LogP contribution is -2.23. The Morgan fingerprint density at radius 1 is 1.38 bits per heavy atom. The summed E-state index contributed by atoms with van der Waals surface area (Å²) in [7, 11) is 1.51. The number of halogens is 1. The zero-order valence-electron chi connectivity index (χ0n) is 14.0. The highest BCUT2D eigenvalue weighted by Crippen LogP contribution is 2.36. The zero-order valence-corrected chi connectivity index (χ0v) is 15.5. The molecule has 1 aliphatic heterocycles. The molecule has 24 heavy (non-hydrogen) atoms. The zero-order chi connectivity index (χ0) is 17.7. The van der Waals surface area contributed by atoms with Crippen LogP contribution in [0.4, 0.5) is 0 Å². The maximum Gasteiger partial charge on any atom is 0.192 e. The fourth-order valence-corrected chi connectivity index (χ4v) is 3.55. The second kappa shape index (κ2) is 8.40. The maximum absolute atomic E-state index is 12.7. The molecule has 0 spiro atoms. The number of carbonyl (C=O) groups excluding carboxylic acids is 2. The van der Waals surface area contributed by atoms with Crippen LogP contribution in [0.3, 0.4) is 0 Å². The molecule has 0 fully saturated rings. The first-order valence-electron chi connectivity index (χ1n) is 7.72. The molecule has 0 aromatic heterocycles. The summed E-state index contributed by atoms with van der Waals surface area (Å²) in [5.74, 6) is 0.274. The molecule has 0 atom stereocenters. The van der Waals surface area contributed by atoms with E-state index >= 15 is 0 Å². The standard InChI is InChI=1S/C18H20ClNO3S/c1-4-5-8-20-15(12(2)21)11-24-18(20)10-16(22)14-9-13(19)6-7-17(14)23-3/h6-7,9-11H,4-5,8H2,1-3H3. The van der Waals surface area contributed by atoms with Crippen LogP contribution in [0.5, 0.6) is 5.75 Å². The number of hydrogen-bond donors (Lipinski definition) is 0. The van der Waals surface area contributed by atoms with Crippen LogP contribution in [0.2, 0.25) is 5.02 Å². The molecule has 1 aromatic rings. The van der Waals surface area contributed by atoms with Gasteiger partial charge in [0.15, 0.2) is 11.6 Å². The van der Waals surface area contributed by atoms with E-state index in [2.05, 4.69) is 6.92 Å². The number of allylic oxidation sites excluding steroid dienone is 2. The number of ether oxygens (including phenoxy) is 1. The van der Waals surface area contributed by atoms with Crippen LogP contribution in [0, 0.1) is 0 Å². The first-order valence-corrected chi connectivity index (χ1v) is 8.98. The van der Waals surface area contributed by atoms with Gasteiger partial charge in [0, 0.05) is 30.0 Å². The van der Waals surface area contributed by atoms with Gasteiger partial charge in [-0.15, -0.1) is 0 Å². The minimum Gasteiger partial charge on any atom is -0.496 e. The van der Waals surface area contributed by atoms with Crippen molar-refractivity contribution in [1.82, 2.24) is 4.90 Å². The lowest BCUT2D eigenvalue weighted by Gasteiger charge is -2.21. The van der Waals surface area contributed by atoms with Gasteiger partial charge in [0.25, 0.3) is 0 Å². The molecule has 128 valence electrons. The minimum absolute atomic E-state index is 0.00483. The van der Waals surface area contributed by atoms with Crippen molar-refractivity contribution in [3.63, 3.8) is 0 Å². The summed E-state index contributed by atoms with van der Waals surface area (Å²) in [4.78, 5) is 26.4. The van der Waals surface area contributed by atoms with Gasteiger partial charge in [-0.25, -0.2) is 0 Å². The van der Waals surface area contributed by atoms with Gasteiger partial charge in [0.1, 0.15) is 5.75 Å². The minimum atomic E-state index is -0.198. The molecule has 0 saturated heterocycles. The van der Waals surface area contributed by atoms with Gasteiger partial charge in [0.05, 0.1) is 23.4 Å². The number of benzene rings is 1. The van der Waals surface area contributed by atoms with E-state index in [4.69, 9.17) is 16.3 Å². The number of carbonyl (C=O) groups is 2. The number of unbranched alkanes of at least 4 members (excludes halogenated alkanes) is 1. The van der Waals surface area contributed by atoms with Crippen molar-refractivity contribution in [1.29, 1.82) is 0 Å². The number of rotatable bonds is 7. The normalized spacial score (nSPS) is 15.6. The topological polar surface area (TPSA) is 46.6 Å². The Hall–Kier alpha value is -1.72. The lowest BCUT2D eigenvalue weighted by atomic mass is 10.1. The van der Waals surface area contributed by atoms with Crippen LogP contribution in [0.25, 0.3) is 0 Å². The third kappa shape index (κ3) is 4.22. The van der Waals surface area contributed by atoms with E-state index in [-0.39, 0.29) is 11.6 Å². The molecule has 0 radical (unpaired) electrons. The highest BCUT2D eigenvalue weighted by molar-refractivity contribution is 8.06. The Morgan fingerprint density at radius 2 is 2.12 bits per heavy atom. The molecule has 0 bridgehead atoms. The van der Waals surface area contributed by atoms with Gasteiger partial charge < -0.3 is 9.64 Å². The third-order valence-electron chi connectivity index (χ3n) is 3.63. The van der Waals surface area contributed by atoms with Gasteiger partial charge in [-0.05, 0) is 24.6 Å². The molecule has 6 heteroatoms. The third-order valence-corrected chi connectivity index (χ3v) is 4.78. The Bertz CT molecular complexity index is 712. The summed E-state index contributed by atoms with van der Waals surface area (Å²) >= 11 is 7.38. The van der Waals surface area contributed by atoms with E-state index in [9.17, 15) is 9.59 Å². The molecule has 4 nitrogen and oxygen atoms in total. The van der Waals surface area contributed by atoms with Gasteiger partial charge in [0.2, 0.25) is 0 Å². The maximum atomic E-state index is 12.7. The Balaban J connectivity index is 2.31. The molecular formula is C18H20ClNO3S. The van der Waals surface area contributed by atoms with Crippen LogP contribution in [0.15, 0.2) is 40.4 Å². The molecule has 0 amide bonds. The molecule has 0 unspecified atom stereocenters. The number of methoxy groups -OCH3 is 1. The summed E-state index contributed by atoms with van der Waals surface area (Å²) in [6.07, 6.45) is 3.49. The van der Waals surface area contributed by atoms with Crippen LogP contribution < -0.4 is 4.74 Å². The van der Waals surface area contributed by atoms with E-state index in [1.54, 1.807) is 29.7 Å². The van der Waals surface area contributed by atoms with E-state index in [1.165, 1.54) is 25.8 Å². The summed E-state index contributed by atoms with van der Waals surface area (Å²) < 4.78 is 5.24. The second-order valence-corrected chi connectivity index (χ2v) is 6.70. The van der Waals surface area contributed by atoms with Crippen LogP contribution in [-0.2, 0) is 4.79 Å². The first-order chi connectivity index (χ1) is 11.5. The quantitative estimate of drug-likeness (QED) is 0.519. The van der Waals surface area contributed by atoms with Crippen LogP contribution in [-0.4, -0.2) is 30.1 Å². The van der Waals surface area contributed by atoms with Crippen molar-refractivity contribution in [3.8, 4) is 5.75 Å². The van der Waals surface area contributed by atoms with Crippen molar-refractivity contribution in [2.45, 2.75) is 26.7 Å². The number of Topliss-reactive ketones (excluding diaryl/α,β-unsaturated/α-hetero) is 1. The van der Waals surface area contributed by atoms with E-state index in [0.29, 0.717) is 28.6 Å². The smallest absolute Gasteiger partial charge is 0.192 e. The lowest BCUT2D eigenvalue weighted by molar-refractivity contribution is -0.114. The highest BCUT2D eigenvalue weighted by Gasteiger charge is 2.25. The van der Waals surface area contributed by atoms with Crippen LogP contribution >= 0.6 is 23.4 Å². The van der Waals surface area contributed by atoms with Crippen molar-refractivity contribution >= 4 is 34.9 Å². The van der Waals surface area contributed by atoms with Crippen LogP contribution in [0.1, 0.15) is 37.0 Å². The molecule has 0 saturated carbocycles. The number of ketones is 2. The molecule has 0 N–H and O–H groups in total. The largest absolute Gasteiger partial charge is 0.496 e. The van der Waals surface area contributed by atoms with E-state index < -0.39 is 0 Å². The van der Waals surface area contributed by atoms with Crippen molar-refractivity contribution < 1.29 is 14.3 Å². The molecule has 1 heterocycles. The van der Waals surface area contributed by atoms with Gasteiger partial charge in [-0.3, -0.25) is 9.59 Å². The summed E-state index contributed by atoms with van der Waals surface area (Å²) in [5.41, 5.74) is 1.04.